The van der Waals surface area contributed by atoms with E-state index < -0.39 is 28.5 Å². The fourth-order valence-corrected chi connectivity index (χ4v) is 7.57. The lowest BCUT2D eigenvalue weighted by Crippen LogP contribution is -2.54. The number of hydrogen-bond donors (Lipinski definition) is 1. The van der Waals surface area contributed by atoms with Crippen LogP contribution in [0.4, 0.5) is 5.69 Å². The van der Waals surface area contributed by atoms with Crippen LogP contribution in [0.25, 0.3) is 0 Å². The van der Waals surface area contributed by atoms with Gasteiger partial charge in [-0.1, -0.05) is 56.0 Å². The second-order valence-corrected chi connectivity index (χ2v) is 14.1. The summed E-state index contributed by atoms with van der Waals surface area (Å²) in [6, 6.07) is 20.4. The number of nitrogens with one attached hydrogen (secondary N) is 1. The summed E-state index contributed by atoms with van der Waals surface area (Å²) in [5.41, 5.74) is 2.23. The first-order chi connectivity index (χ1) is 21.7. The van der Waals surface area contributed by atoms with E-state index in [0.29, 0.717) is 24.5 Å². The van der Waals surface area contributed by atoms with Crippen LogP contribution in [-0.2, 0) is 26.2 Å². The van der Waals surface area contributed by atoms with Crippen LogP contribution in [0.5, 0.6) is 5.75 Å². The molecule has 1 aliphatic rings. The number of carbonyl (C=O) groups excluding carboxylic acids is 2. The maximum atomic E-state index is 14.4. The van der Waals surface area contributed by atoms with E-state index in [-0.39, 0.29) is 23.4 Å². The largest absolute Gasteiger partial charge is 0.494 e. The number of aryl methyl sites for hydroxylation is 1. The summed E-state index contributed by atoms with van der Waals surface area (Å²) in [6.07, 6.45) is 7.46. The van der Waals surface area contributed by atoms with Crippen LogP contribution in [-0.4, -0.2) is 56.6 Å². The Morgan fingerprint density at radius 3 is 2.27 bits per heavy atom. The summed E-state index contributed by atoms with van der Waals surface area (Å²) in [5.74, 6) is -0.0605. The smallest absolute Gasteiger partial charge is 0.264 e. The molecule has 10 heteroatoms. The molecule has 1 N–H and O–H groups in total. The highest BCUT2D eigenvalue weighted by Crippen LogP contribution is 2.28. The molecule has 3 aromatic carbocycles. The van der Waals surface area contributed by atoms with Crippen LogP contribution in [0.15, 0.2) is 82.6 Å². The van der Waals surface area contributed by atoms with E-state index in [2.05, 4.69) is 5.32 Å². The topological polar surface area (TPSA) is 96.0 Å². The molecule has 45 heavy (non-hydrogen) atoms. The van der Waals surface area contributed by atoms with Crippen molar-refractivity contribution in [3.05, 3.63) is 83.9 Å². The quantitative estimate of drug-likeness (QED) is 0.198. The summed E-state index contributed by atoms with van der Waals surface area (Å²) < 4.78 is 35.1. The summed E-state index contributed by atoms with van der Waals surface area (Å²) >= 11 is 1.52. The van der Waals surface area contributed by atoms with E-state index in [0.717, 1.165) is 52.4 Å². The molecule has 0 unspecified atom stereocenters. The molecule has 1 fully saturated rings. The molecule has 3 aromatic rings. The Labute approximate surface area is 272 Å². The van der Waals surface area contributed by atoms with Gasteiger partial charge in [-0.25, -0.2) is 8.42 Å². The number of anilines is 1. The van der Waals surface area contributed by atoms with Crippen LogP contribution in [0.1, 0.15) is 63.5 Å². The molecule has 0 spiro atoms. The van der Waals surface area contributed by atoms with Gasteiger partial charge in [-0.2, -0.15) is 0 Å². The molecule has 1 aliphatic carbocycles. The average Bonchev–Trinajstić information content (AvgIpc) is 3.04. The van der Waals surface area contributed by atoms with Gasteiger partial charge in [-0.3, -0.25) is 13.9 Å². The summed E-state index contributed by atoms with van der Waals surface area (Å²) in [5, 5.41) is 3.19. The average molecular weight is 652 g/mol. The molecule has 242 valence electrons. The molecule has 0 heterocycles. The predicted octanol–water partition coefficient (Wildman–Crippen LogP) is 6.57. The number of carbonyl (C=O) groups is 2. The van der Waals surface area contributed by atoms with Gasteiger partial charge in [0.25, 0.3) is 10.0 Å². The number of hydrogen-bond acceptors (Lipinski definition) is 6. The fourth-order valence-electron chi connectivity index (χ4n) is 5.75. The standard InChI is InChI=1S/C35H45N3O5S2/c1-5-33(35(40)36-28-13-8-7-9-14-28)37(24-27-12-10-11-26(3)23-27)34(39)25-38(29-15-17-30(18-16-29)43-6-2)45(41,42)32-21-19-31(44-4)20-22-32/h10-12,15-23,28,33H,5-9,13-14,24-25H2,1-4H3,(H,36,40)/t33-/m0/s1. The van der Waals surface area contributed by atoms with Gasteiger partial charge >= 0.3 is 0 Å². The number of ether oxygens (including phenoxy) is 1. The lowest BCUT2D eigenvalue weighted by atomic mass is 9.95. The number of thioether (sulfide) groups is 1. The number of sulfonamides is 1. The number of rotatable bonds is 14. The molecular formula is C35H45N3O5S2. The first kappa shape index (κ1) is 34.4. The van der Waals surface area contributed by atoms with Gasteiger partial charge in [0.2, 0.25) is 11.8 Å². The van der Waals surface area contributed by atoms with Crippen LogP contribution >= 0.6 is 11.8 Å². The normalized spacial score (nSPS) is 14.4. The van der Waals surface area contributed by atoms with Gasteiger partial charge in [-0.15, -0.1) is 11.8 Å². The van der Waals surface area contributed by atoms with Crippen molar-refractivity contribution in [2.45, 2.75) is 87.7 Å². The molecule has 0 radical (unpaired) electrons. The van der Waals surface area contributed by atoms with Crippen molar-refractivity contribution in [2.24, 2.45) is 0 Å². The Morgan fingerprint density at radius 2 is 1.67 bits per heavy atom. The van der Waals surface area contributed by atoms with Crippen molar-refractivity contribution in [2.75, 3.05) is 23.7 Å². The van der Waals surface area contributed by atoms with E-state index in [1.54, 1.807) is 53.4 Å². The summed E-state index contributed by atoms with van der Waals surface area (Å²) in [6.45, 7) is 5.91. The summed E-state index contributed by atoms with van der Waals surface area (Å²) in [4.78, 5) is 30.6. The highest BCUT2D eigenvalue weighted by molar-refractivity contribution is 7.98. The minimum atomic E-state index is -4.15. The van der Waals surface area contributed by atoms with Crippen LogP contribution in [0.2, 0.25) is 0 Å². The van der Waals surface area contributed by atoms with Gasteiger partial charge in [0.15, 0.2) is 0 Å². The van der Waals surface area contributed by atoms with Crippen LogP contribution < -0.4 is 14.4 Å². The molecule has 1 atom stereocenters. The minimum absolute atomic E-state index is 0.0781. The molecular weight excluding hydrogens is 607 g/mol. The van der Waals surface area contributed by atoms with Gasteiger partial charge in [0.05, 0.1) is 17.2 Å². The SMILES string of the molecule is CCOc1ccc(N(CC(=O)N(Cc2cccc(C)c2)[C@@H](CC)C(=O)NC2CCCCC2)S(=O)(=O)c2ccc(SC)cc2)cc1. The fraction of sp³-hybridized carbons (Fsp3) is 0.429. The van der Waals surface area contributed by atoms with Crippen molar-refractivity contribution < 1.29 is 22.7 Å². The first-order valence-corrected chi connectivity index (χ1v) is 18.4. The molecule has 1 saturated carbocycles. The molecule has 4 rings (SSSR count). The molecule has 0 saturated heterocycles. The van der Waals surface area contributed by atoms with Crippen molar-refractivity contribution in [3.8, 4) is 5.75 Å². The molecule has 0 aliphatic heterocycles. The monoisotopic (exact) mass is 651 g/mol. The van der Waals surface area contributed by atoms with E-state index in [1.165, 1.54) is 11.8 Å². The van der Waals surface area contributed by atoms with E-state index in [1.807, 2.05) is 51.3 Å². The maximum absolute atomic E-state index is 14.4. The third kappa shape index (κ3) is 9.04. The first-order valence-electron chi connectivity index (χ1n) is 15.7. The highest BCUT2D eigenvalue weighted by atomic mass is 32.2. The lowest BCUT2D eigenvalue weighted by molar-refractivity contribution is -0.140. The Kier molecular flexibility index (Phi) is 12.4. The highest BCUT2D eigenvalue weighted by Gasteiger charge is 2.34. The van der Waals surface area contributed by atoms with Crippen molar-refractivity contribution in [1.29, 1.82) is 0 Å². The Hall–Kier alpha value is -3.50. The Morgan fingerprint density at radius 1 is 0.978 bits per heavy atom. The number of nitrogens with zero attached hydrogens (tertiary/aromatic N) is 2. The predicted molar refractivity (Wildman–Crippen MR) is 181 cm³/mol. The van der Waals surface area contributed by atoms with E-state index in [9.17, 15) is 18.0 Å². The van der Waals surface area contributed by atoms with Crippen molar-refractivity contribution in [3.63, 3.8) is 0 Å². The number of amides is 2. The van der Waals surface area contributed by atoms with E-state index in [4.69, 9.17) is 4.74 Å². The van der Waals surface area contributed by atoms with Crippen molar-refractivity contribution >= 4 is 39.3 Å². The minimum Gasteiger partial charge on any atom is -0.494 e. The van der Waals surface area contributed by atoms with Crippen molar-refractivity contribution in [1.82, 2.24) is 10.2 Å². The maximum Gasteiger partial charge on any atom is 0.264 e. The Bertz CT molecular complexity index is 1520. The van der Waals surface area contributed by atoms with Gasteiger partial charge < -0.3 is 15.0 Å². The summed E-state index contributed by atoms with van der Waals surface area (Å²) in [7, 11) is -4.15. The van der Waals surface area contributed by atoms with Crippen LogP contribution in [0, 0.1) is 6.92 Å². The molecule has 0 aromatic heterocycles. The molecule has 0 bridgehead atoms. The number of benzene rings is 3. The lowest BCUT2D eigenvalue weighted by Gasteiger charge is -2.34. The van der Waals surface area contributed by atoms with E-state index >= 15 is 0 Å². The second-order valence-electron chi connectivity index (χ2n) is 11.4. The second kappa shape index (κ2) is 16.2. The van der Waals surface area contributed by atoms with Gasteiger partial charge in [0.1, 0.15) is 18.3 Å². The van der Waals surface area contributed by atoms with Gasteiger partial charge in [0, 0.05) is 17.5 Å². The Balaban J connectivity index is 1.71. The third-order valence-corrected chi connectivity index (χ3v) is 10.7. The molecule has 2 amide bonds. The van der Waals surface area contributed by atoms with Gasteiger partial charge in [-0.05, 0) is 93.5 Å². The zero-order valence-corrected chi connectivity index (χ0v) is 28.3. The third-order valence-electron chi connectivity index (χ3n) is 8.13. The van der Waals surface area contributed by atoms with Crippen LogP contribution in [0.3, 0.4) is 0 Å². The zero-order valence-electron chi connectivity index (χ0n) is 26.7. The zero-order chi connectivity index (χ0) is 32.4. The molecule has 8 nitrogen and oxygen atoms in total.